The van der Waals surface area contributed by atoms with Crippen molar-refractivity contribution < 1.29 is 4.79 Å². The molecule has 1 aliphatic heterocycles. The Morgan fingerprint density at radius 2 is 1.95 bits per heavy atom. The zero-order chi connectivity index (χ0) is 15.4. The van der Waals surface area contributed by atoms with Gasteiger partial charge in [-0.25, -0.2) is 0 Å². The van der Waals surface area contributed by atoms with Crippen molar-refractivity contribution in [3.05, 3.63) is 34.9 Å². The number of benzene rings is 1. The summed E-state index contributed by atoms with van der Waals surface area (Å²) in [4.78, 5) is 14.7. The molecule has 1 aromatic carbocycles. The highest BCUT2D eigenvalue weighted by atomic mass is 16.2. The van der Waals surface area contributed by atoms with Gasteiger partial charge in [0.15, 0.2) is 0 Å². The standard InChI is InChI=1S/C18H28N2O/c1-5-7-19-17-6-8-20(12-15(17)4)18(21)16-10-13(2)9-14(3)11-16/h9-11,15,17,19H,5-8,12H2,1-4H3. The Kier molecular flexibility index (Phi) is 5.40. The van der Waals surface area contributed by atoms with E-state index < -0.39 is 0 Å². The second-order valence-electron chi connectivity index (χ2n) is 6.45. The third kappa shape index (κ3) is 4.07. The van der Waals surface area contributed by atoms with Gasteiger partial charge in [0.25, 0.3) is 5.91 Å². The average Bonchev–Trinajstić information content (AvgIpc) is 2.44. The van der Waals surface area contributed by atoms with Crippen LogP contribution in [0.5, 0.6) is 0 Å². The van der Waals surface area contributed by atoms with E-state index in [0.29, 0.717) is 12.0 Å². The van der Waals surface area contributed by atoms with Crippen molar-refractivity contribution in [3.8, 4) is 0 Å². The highest BCUT2D eigenvalue weighted by Gasteiger charge is 2.28. The summed E-state index contributed by atoms with van der Waals surface area (Å²) < 4.78 is 0. The first kappa shape index (κ1) is 16.0. The van der Waals surface area contributed by atoms with Gasteiger partial charge in [0.1, 0.15) is 0 Å². The summed E-state index contributed by atoms with van der Waals surface area (Å²) in [5.41, 5.74) is 3.15. The van der Waals surface area contributed by atoms with E-state index in [0.717, 1.165) is 49.2 Å². The number of piperidine rings is 1. The van der Waals surface area contributed by atoms with Gasteiger partial charge in [-0.2, -0.15) is 0 Å². The lowest BCUT2D eigenvalue weighted by atomic mass is 9.93. The summed E-state index contributed by atoms with van der Waals surface area (Å²) in [7, 11) is 0. The van der Waals surface area contributed by atoms with E-state index in [2.05, 4.69) is 25.2 Å². The molecule has 0 aliphatic carbocycles. The van der Waals surface area contributed by atoms with Crippen LogP contribution >= 0.6 is 0 Å². The maximum absolute atomic E-state index is 12.7. The number of nitrogens with one attached hydrogen (secondary N) is 1. The van der Waals surface area contributed by atoms with Crippen LogP contribution in [0.2, 0.25) is 0 Å². The molecule has 0 bridgehead atoms. The minimum atomic E-state index is 0.183. The molecule has 1 aliphatic rings. The number of amides is 1. The van der Waals surface area contributed by atoms with E-state index in [1.54, 1.807) is 0 Å². The molecule has 2 atom stereocenters. The highest BCUT2D eigenvalue weighted by Crippen LogP contribution is 2.20. The van der Waals surface area contributed by atoms with Crippen LogP contribution in [0.15, 0.2) is 18.2 Å². The maximum atomic E-state index is 12.7. The highest BCUT2D eigenvalue weighted by molar-refractivity contribution is 5.94. The molecule has 2 rings (SSSR count). The second kappa shape index (κ2) is 7.08. The molecule has 0 aromatic heterocycles. The van der Waals surface area contributed by atoms with Crippen molar-refractivity contribution in [3.63, 3.8) is 0 Å². The van der Waals surface area contributed by atoms with Gasteiger partial charge in [-0.05, 0) is 51.3 Å². The van der Waals surface area contributed by atoms with Crippen molar-refractivity contribution in [2.24, 2.45) is 5.92 Å². The number of aryl methyl sites for hydroxylation is 2. The summed E-state index contributed by atoms with van der Waals surface area (Å²) in [5.74, 6) is 0.697. The third-order valence-corrected chi connectivity index (χ3v) is 4.32. The van der Waals surface area contributed by atoms with Crippen LogP contribution in [0.3, 0.4) is 0 Å². The quantitative estimate of drug-likeness (QED) is 0.923. The van der Waals surface area contributed by atoms with Gasteiger partial charge < -0.3 is 10.2 Å². The molecule has 1 heterocycles. The fraction of sp³-hybridized carbons (Fsp3) is 0.611. The van der Waals surface area contributed by atoms with Crippen LogP contribution in [-0.4, -0.2) is 36.5 Å². The number of hydrogen-bond acceptors (Lipinski definition) is 2. The van der Waals surface area contributed by atoms with Gasteiger partial charge in [0, 0.05) is 24.7 Å². The smallest absolute Gasteiger partial charge is 0.253 e. The van der Waals surface area contributed by atoms with E-state index >= 15 is 0 Å². The Bertz CT molecular complexity index is 478. The van der Waals surface area contributed by atoms with Crippen molar-refractivity contribution in [1.29, 1.82) is 0 Å². The van der Waals surface area contributed by atoms with Gasteiger partial charge in [0.2, 0.25) is 0 Å². The molecule has 0 spiro atoms. The molecular formula is C18H28N2O. The summed E-state index contributed by atoms with van der Waals surface area (Å²) in [6.07, 6.45) is 2.21. The molecular weight excluding hydrogens is 260 g/mol. The lowest BCUT2D eigenvalue weighted by molar-refractivity contribution is 0.0645. The SMILES string of the molecule is CCCNC1CCN(C(=O)c2cc(C)cc(C)c2)CC1C. The van der Waals surface area contributed by atoms with Gasteiger partial charge in [-0.3, -0.25) is 4.79 Å². The van der Waals surface area contributed by atoms with Crippen LogP contribution in [0.25, 0.3) is 0 Å². The fourth-order valence-electron chi connectivity index (χ4n) is 3.24. The van der Waals surface area contributed by atoms with Gasteiger partial charge >= 0.3 is 0 Å². The molecule has 1 fully saturated rings. The Hall–Kier alpha value is -1.35. The average molecular weight is 288 g/mol. The second-order valence-corrected chi connectivity index (χ2v) is 6.45. The maximum Gasteiger partial charge on any atom is 0.253 e. The lowest BCUT2D eigenvalue weighted by Gasteiger charge is -2.37. The number of hydrogen-bond donors (Lipinski definition) is 1. The topological polar surface area (TPSA) is 32.3 Å². The predicted octanol–water partition coefficient (Wildman–Crippen LogP) is 3.15. The van der Waals surface area contributed by atoms with Gasteiger partial charge in [-0.1, -0.05) is 31.0 Å². The molecule has 1 amide bonds. The molecule has 1 aromatic rings. The van der Waals surface area contributed by atoms with Gasteiger partial charge in [0.05, 0.1) is 0 Å². The minimum absolute atomic E-state index is 0.183. The van der Waals surface area contributed by atoms with Crippen molar-refractivity contribution >= 4 is 5.91 Å². The molecule has 1 saturated heterocycles. The van der Waals surface area contributed by atoms with Crippen LogP contribution in [0.1, 0.15) is 48.2 Å². The Balaban J connectivity index is 2.01. The van der Waals surface area contributed by atoms with Crippen LogP contribution in [0, 0.1) is 19.8 Å². The fourth-order valence-corrected chi connectivity index (χ4v) is 3.24. The normalized spacial score (nSPS) is 22.4. The Morgan fingerprint density at radius 1 is 1.29 bits per heavy atom. The number of carbonyl (C=O) groups is 1. The lowest BCUT2D eigenvalue weighted by Crippen LogP contribution is -2.50. The molecule has 3 nitrogen and oxygen atoms in total. The van der Waals surface area contributed by atoms with E-state index in [-0.39, 0.29) is 5.91 Å². The summed E-state index contributed by atoms with van der Waals surface area (Å²) in [5, 5.41) is 3.60. The van der Waals surface area contributed by atoms with E-state index in [1.807, 2.05) is 30.9 Å². The van der Waals surface area contributed by atoms with E-state index in [9.17, 15) is 4.79 Å². The summed E-state index contributed by atoms with van der Waals surface area (Å²) in [6.45, 7) is 11.3. The van der Waals surface area contributed by atoms with Crippen LogP contribution in [-0.2, 0) is 0 Å². The summed E-state index contributed by atoms with van der Waals surface area (Å²) >= 11 is 0. The number of carbonyl (C=O) groups excluding carboxylic acids is 1. The summed E-state index contributed by atoms with van der Waals surface area (Å²) in [6, 6.07) is 6.66. The first-order chi connectivity index (χ1) is 10.0. The Labute approximate surface area is 128 Å². The monoisotopic (exact) mass is 288 g/mol. The predicted molar refractivity (Wildman–Crippen MR) is 87.7 cm³/mol. The Morgan fingerprint density at radius 3 is 2.52 bits per heavy atom. The molecule has 21 heavy (non-hydrogen) atoms. The zero-order valence-corrected chi connectivity index (χ0v) is 13.8. The first-order valence-corrected chi connectivity index (χ1v) is 8.12. The number of nitrogens with zero attached hydrogens (tertiary/aromatic N) is 1. The number of rotatable bonds is 4. The van der Waals surface area contributed by atoms with Crippen molar-refractivity contribution in [1.82, 2.24) is 10.2 Å². The van der Waals surface area contributed by atoms with Crippen molar-refractivity contribution in [2.75, 3.05) is 19.6 Å². The van der Waals surface area contributed by atoms with Crippen molar-refractivity contribution in [2.45, 2.75) is 46.6 Å². The van der Waals surface area contributed by atoms with Gasteiger partial charge in [-0.15, -0.1) is 0 Å². The van der Waals surface area contributed by atoms with Crippen LogP contribution in [0.4, 0.5) is 0 Å². The first-order valence-electron chi connectivity index (χ1n) is 8.12. The minimum Gasteiger partial charge on any atom is -0.338 e. The zero-order valence-electron chi connectivity index (χ0n) is 13.8. The van der Waals surface area contributed by atoms with E-state index in [4.69, 9.17) is 0 Å². The van der Waals surface area contributed by atoms with E-state index in [1.165, 1.54) is 0 Å². The largest absolute Gasteiger partial charge is 0.338 e. The molecule has 2 unspecified atom stereocenters. The molecule has 116 valence electrons. The molecule has 3 heteroatoms. The number of likely N-dealkylation sites (tertiary alicyclic amines) is 1. The molecule has 0 radical (unpaired) electrons. The molecule has 0 saturated carbocycles. The van der Waals surface area contributed by atoms with Crippen LogP contribution < -0.4 is 5.32 Å². The molecule has 1 N–H and O–H groups in total. The third-order valence-electron chi connectivity index (χ3n) is 4.32.